The van der Waals surface area contributed by atoms with Gasteiger partial charge in [0.25, 0.3) is 0 Å². The van der Waals surface area contributed by atoms with Gasteiger partial charge >= 0.3 is 0 Å². The first-order chi connectivity index (χ1) is 11.1. The average Bonchev–Trinajstić information content (AvgIpc) is 2.96. The fourth-order valence-electron chi connectivity index (χ4n) is 3.54. The molecule has 0 aliphatic carbocycles. The minimum absolute atomic E-state index is 0.00883. The summed E-state index contributed by atoms with van der Waals surface area (Å²) in [6.07, 6.45) is 3.40. The van der Waals surface area contributed by atoms with Gasteiger partial charge in [-0.2, -0.15) is 0 Å². The molecule has 2 heterocycles. The van der Waals surface area contributed by atoms with Crippen molar-refractivity contribution < 1.29 is 14.3 Å². The molecule has 23 heavy (non-hydrogen) atoms. The topological polar surface area (TPSA) is 58.6 Å². The van der Waals surface area contributed by atoms with Gasteiger partial charge in [-0.1, -0.05) is 18.2 Å². The summed E-state index contributed by atoms with van der Waals surface area (Å²) in [6, 6.07) is 7.65. The van der Waals surface area contributed by atoms with Gasteiger partial charge in [0.2, 0.25) is 11.8 Å². The molecule has 0 bridgehead atoms. The summed E-state index contributed by atoms with van der Waals surface area (Å²) in [7, 11) is 1.62. The number of carbonyl (C=O) groups excluding carboxylic acids is 2. The summed E-state index contributed by atoms with van der Waals surface area (Å²) in [6.45, 7) is 3.19. The van der Waals surface area contributed by atoms with Crippen LogP contribution in [0.5, 0.6) is 5.75 Å². The summed E-state index contributed by atoms with van der Waals surface area (Å²) in [5.41, 5.74) is 1.78. The number of amides is 2. The number of para-hydroxylation sites is 1. The van der Waals surface area contributed by atoms with Gasteiger partial charge in [0, 0.05) is 24.7 Å². The first-order valence-corrected chi connectivity index (χ1v) is 8.02. The highest BCUT2D eigenvalue weighted by Gasteiger charge is 2.42. The Hall–Kier alpha value is -2.30. The highest BCUT2D eigenvalue weighted by Crippen LogP contribution is 2.29. The lowest BCUT2D eigenvalue weighted by Crippen LogP contribution is -2.48. The molecule has 2 fully saturated rings. The lowest BCUT2D eigenvalue weighted by molar-refractivity contribution is -0.132. The molecular weight excluding hydrogens is 292 g/mol. The Kier molecular flexibility index (Phi) is 4.37. The SMILES string of the molecule is COc1ccccc1/C(C)=C/C(=O)N1CCC[C@H]2C(=O)NC[C@H]21. The van der Waals surface area contributed by atoms with Gasteiger partial charge in [-0.3, -0.25) is 9.59 Å². The number of benzene rings is 1. The maximum atomic E-state index is 12.7. The van der Waals surface area contributed by atoms with Crippen molar-refractivity contribution in [1.29, 1.82) is 0 Å². The molecule has 1 aromatic rings. The van der Waals surface area contributed by atoms with Crippen LogP contribution in [0, 0.1) is 5.92 Å². The first kappa shape index (κ1) is 15.6. The lowest BCUT2D eigenvalue weighted by Gasteiger charge is -2.35. The molecule has 2 aliphatic heterocycles. The summed E-state index contributed by atoms with van der Waals surface area (Å²) in [5, 5.41) is 2.88. The van der Waals surface area contributed by atoms with Crippen LogP contribution in [0.25, 0.3) is 5.57 Å². The highest BCUT2D eigenvalue weighted by molar-refractivity contribution is 5.96. The Labute approximate surface area is 136 Å². The molecule has 3 rings (SSSR count). The largest absolute Gasteiger partial charge is 0.496 e. The summed E-state index contributed by atoms with van der Waals surface area (Å²) in [4.78, 5) is 26.4. The van der Waals surface area contributed by atoms with E-state index < -0.39 is 0 Å². The van der Waals surface area contributed by atoms with Crippen LogP contribution >= 0.6 is 0 Å². The number of methoxy groups -OCH3 is 1. The van der Waals surface area contributed by atoms with Gasteiger partial charge in [0.05, 0.1) is 19.1 Å². The molecular formula is C18H22N2O3. The number of hydrogen-bond donors (Lipinski definition) is 1. The predicted molar refractivity (Wildman–Crippen MR) is 87.9 cm³/mol. The molecule has 122 valence electrons. The van der Waals surface area contributed by atoms with Crippen molar-refractivity contribution >= 4 is 17.4 Å². The second-order valence-electron chi connectivity index (χ2n) is 6.12. The fourth-order valence-corrected chi connectivity index (χ4v) is 3.54. The third-order valence-electron chi connectivity index (χ3n) is 4.76. The van der Waals surface area contributed by atoms with Gasteiger partial charge in [-0.05, 0) is 31.4 Å². The molecule has 0 spiro atoms. The van der Waals surface area contributed by atoms with Crippen molar-refractivity contribution in [2.75, 3.05) is 20.2 Å². The molecule has 2 aliphatic rings. The lowest BCUT2D eigenvalue weighted by atomic mass is 9.91. The van der Waals surface area contributed by atoms with E-state index >= 15 is 0 Å². The van der Waals surface area contributed by atoms with E-state index in [4.69, 9.17) is 4.74 Å². The number of hydrogen-bond acceptors (Lipinski definition) is 3. The van der Waals surface area contributed by atoms with Crippen LogP contribution in [0.2, 0.25) is 0 Å². The molecule has 5 nitrogen and oxygen atoms in total. The highest BCUT2D eigenvalue weighted by atomic mass is 16.5. The van der Waals surface area contributed by atoms with Crippen molar-refractivity contribution in [2.45, 2.75) is 25.8 Å². The second kappa shape index (κ2) is 6.44. The van der Waals surface area contributed by atoms with Crippen molar-refractivity contribution in [3.05, 3.63) is 35.9 Å². The Balaban J connectivity index is 1.81. The van der Waals surface area contributed by atoms with Crippen LogP contribution in [0.15, 0.2) is 30.3 Å². The monoisotopic (exact) mass is 314 g/mol. The Morgan fingerprint density at radius 3 is 2.96 bits per heavy atom. The average molecular weight is 314 g/mol. The molecule has 0 radical (unpaired) electrons. The van der Waals surface area contributed by atoms with E-state index in [0.717, 1.165) is 29.7 Å². The fraction of sp³-hybridized carbons (Fsp3) is 0.444. The Morgan fingerprint density at radius 2 is 2.17 bits per heavy atom. The third kappa shape index (κ3) is 2.96. The quantitative estimate of drug-likeness (QED) is 0.866. The number of carbonyl (C=O) groups is 2. The first-order valence-electron chi connectivity index (χ1n) is 8.02. The van der Waals surface area contributed by atoms with Crippen LogP contribution in [0.3, 0.4) is 0 Å². The van der Waals surface area contributed by atoms with E-state index in [1.807, 2.05) is 36.1 Å². The van der Waals surface area contributed by atoms with Crippen LogP contribution in [0.4, 0.5) is 0 Å². The zero-order valence-corrected chi connectivity index (χ0v) is 13.5. The molecule has 2 saturated heterocycles. The number of allylic oxidation sites excluding steroid dienone is 1. The third-order valence-corrected chi connectivity index (χ3v) is 4.76. The Bertz CT molecular complexity index is 653. The summed E-state index contributed by atoms with van der Waals surface area (Å²) < 4.78 is 5.36. The molecule has 1 N–H and O–H groups in total. The number of ether oxygens (including phenoxy) is 1. The number of nitrogens with one attached hydrogen (secondary N) is 1. The molecule has 1 aromatic carbocycles. The van der Waals surface area contributed by atoms with Crippen molar-refractivity contribution in [3.63, 3.8) is 0 Å². The van der Waals surface area contributed by atoms with Crippen LogP contribution in [-0.4, -0.2) is 43.0 Å². The zero-order chi connectivity index (χ0) is 16.4. The predicted octanol–water partition coefficient (Wildman–Crippen LogP) is 1.84. The van der Waals surface area contributed by atoms with E-state index in [1.165, 1.54) is 0 Å². The number of nitrogens with zero attached hydrogens (tertiary/aromatic N) is 1. The van der Waals surface area contributed by atoms with Gasteiger partial charge in [0.1, 0.15) is 5.75 Å². The molecule has 0 aromatic heterocycles. The number of rotatable bonds is 3. The van der Waals surface area contributed by atoms with Crippen molar-refractivity contribution in [1.82, 2.24) is 10.2 Å². The van der Waals surface area contributed by atoms with Crippen molar-refractivity contribution in [2.24, 2.45) is 5.92 Å². The second-order valence-corrected chi connectivity index (χ2v) is 6.12. The van der Waals surface area contributed by atoms with E-state index in [0.29, 0.717) is 13.1 Å². The van der Waals surface area contributed by atoms with E-state index in [9.17, 15) is 9.59 Å². The van der Waals surface area contributed by atoms with E-state index in [1.54, 1.807) is 13.2 Å². The van der Waals surface area contributed by atoms with Gasteiger partial charge in [0.15, 0.2) is 0 Å². The standard InChI is InChI=1S/C18H22N2O3/c1-12(13-6-3-4-8-16(13)23-2)10-17(21)20-9-5-7-14-15(20)11-19-18(14)22/h3-4,6,8,10,14-15H,5,7,9,11H2,1-2H3,(H,19,22)/b12-10+/t14-,15-/m1/s1. The molecule has 0 unspecified atom stereocenters. The smallest absolute Gasteiger partial charge is 0.247 e. The van der Waals surface area contributed by atoms with Crippen LogP contribution < -0.4 is 10.1 Å². The minimum atomic E-state index is -0.0485. The minimum Gasteiger partial charge on any atom is -0.496 e. The van der Waals surface area contributed by atoms with Crippen LogP contribution in [0.1, 0.15) is 25.3 Å². The van der Waals surface area contributed by atoms with Gasteiger partial charge in [-0.25, -0.2) is 0 Å². The number of fused-ring (bicyclic) bond motifs is 1. The molecule has 2 amide bonds. The maximum absolute atomic E-state index is 12.7. The number of likely N-dealkylation sites (tertiary alicyclic amines) is 1. The van der Waals surface area contributed by atoms with Crippen LogP contribution in [-0.2, 0) is 9.59 Å². The molecule has 2 atom stereocenters. The molecule has 0 saturated carbocycles. The van der Waals surface area contributed by atoms with Gasteiger partial charge in [-0.15, -0.1) is 0 Å². The van der Waals surface area contributed by atoms with Crippen molar-refractivity contribution in [3.8, 4) is 5.75 Å². The van der Waals surface area contributed by atoms with E-state index in [-0.39, 0.29) is 23.8 Å². The normalized spacial score (nSPS) is 24.2. The van der Waals surface area contributed by atoms with Gasteiger partial charge < -0.3 is 15.0 Å². The van der Waals surface area contributed by atoms with E-state index in [2.05, 4.69) is 5.32 Å². The molecule has 5 heteroatoms. The Morgan fingerprint density at radius 1 is 1.39 bits per heavy atom. The number of piperidine rings is 1. The maximum Gasteiger partial charge on any atom is 0.247 e. The summed E-state index contributed by atoms with van der Waals surface area (Å²) >= 11 is 0. The zero-order valence-electron chi connectivity index (χ0n) is 13.5. The summed E-state index contributed by atoms with van der Waals surface area (Å²) in [5.74, 6) is 0.758.